The predicted octanol–water partition coefficient (Wildman–Crippen LogP) is 5.71. The molecule has 3 aromatic rings. The van der Waals surface area contributed by atoms with E-state index in [-0.39, 0.29) is 18.0 Å². The molecule has 0 saturated heterocycles. The molecule has 0 atom stereocenters. The van der Waals surface area contributed by atoms with Gasteiger partial charge in [-0.1, -0.05) is 59.1 Å². The van der Waals surface area contributed by atoms with Crippen LogP contribution in [0.15, 0.2) is 59.5 Å². The average Bonchev–Trinajstić information content (AvgIpc) is 2.70. The Morgan fingerprint density at radius 1 is 0.848 bits per heavy atom. The summed E-state index contributed by atoms with van der Waals surface area (Å²) in [7, 11) is -3.95. The first-order valence-electron chi connectivity index (χ1n) is 10.7. The van der Waals surface area contributed by atoms with Gasteiger partial charge in [-0.05, 0) is 75.1 Å². The van der Waals surface area contributed by atoms with Crippen molar-refractivity contribution in [2.75, 3.05) is 11.9 Å². The first kappa shape index (κ1) is 25.0. The third kappa shape index (κ3) is 6.02. The molecule has 0 aliphatic rings. The van der Waals surface area contributed by atoms with E-state index < -0.39 is 15.9 Å². The van der Waals surface area contributed by atoms with Crippen molar-refractivity contribution < 1.29 is 13.2 Å². The quantitative estimate of drug-likeness (QED) is 0.467. The summed E-state index contributed by atoms with van der Waals surface area (Å²) in [6.45, 7) is 9.11. The Morgan fingerprint density at radius 2 is 1.42 bits per heavy atom. The van der Waals surface area contributed by atoms with E-state index in [0.717, 1.165) is 22.3 Å². The fraction of sp³-hybridized carbons (Fsp3) is 0.269. The van der Waals surface area contributed by atoms with Crippen LogP contribution in [0.4, 0.5) is 5.69 Å². The lowest BCUT2D eigenvalue weighted by molar-refractivity contribution is -0.116. The maximum absolute atomic E-state index is 13.8. The minimum atomic E-state index is -3.95. The molecule has 33 heavy (non-hydrogen) atoms. The zero-order valence-corrected chi connectivity index (χ0v) is 21.1. The van der Waals surface area contributed by atoms with Gasteiger partial charge in [-0.2, -0.15) is 4.31 Å². The van der Waals surface area contributed by atoms with Gasteiger partial charge in [0.2, 0.25) is 15.9 Å². The van der Waals surface area contributed by atoms with E-state index in [1.807, 2.05) is 51.1 Å². The monoisotopic (exact) mass is 484 g/mol. The fourth-order valence-electron chi connectivity index (χ4n) is 4.03. The number of carbonyl (C=O) groups is 1. The number of rotatable bonds is 7. The van der Waals surface area contributed by atoms with E-state index >= 15 is 0 Å². The normalized spacial score (nSPS) is 11.6. The molecule has 3 aromatic carbocycles. The minimum absolute atomic E-state index is 0.0482. The molecule has 3 rings (SSSR count). The standard InChI is InChI=1S/C26H29ClN2O3S/c1-17-6-11-24(19(3)12-17)28-25(30)16-29(15-22-7-9-23(27)10-8-22)33(31,32)26-20(4)13-18(2)14-21(26)5/h6-14H,15-16H2,1-5H3,(H,28,30). The second-order valence-electron chi connectivity index (χ2n) is 8.49. The van der Waals surface area contributed by atoms with Gasteiger partial charge in [-0.3, -0.25) is 4.79 Å². The molecule has 0 heterocycles. The summed E-state index contributed by atoms with van der Waals surface area (Å²) in [4.78, 5) is 13.2. The number of hydrogen-bond acceptors (Lipinski definition) is 3. The third-order valence-corrected chi connectivity index (χ3v) is 7.80. The number of amides is 1. The second-order valence-corrected chi connectivity index (χ2v) is 10.8. The fourth-order valence-corrected chi connectivity index (χ4v) is 5.95. The lowest BCUT2D eigenvalue weighted by Gasteiger charge is -2.24. The lowest BCUT2D eigenvalue weighted by Crippen LogP contribution is -2.38. The van der Waals surface area contributed by atoms with Crippen LogP contribution in [0.25, 0.3) is 0 Å². The Morgan fingerprint density at radius 3 is 2.00 bits per heavy atom. The molecule has 0 bridgehead atoms. The van der Waals surface area contributed by atoms with Crippen molar-refractivity contribution in [2.24, 2.45) is 0 Å². The topological polar surface area (TPSA) is 66.5 Å². The maximum atomic E-state index is 13.8. The lowest BCUT2D eigenvalue weighted by atomic mass is 10.1. The van der Waals surface area contributed by atoms with Gasteiger partial charge < -0.3 is 5.32 Å². The number of benzene rings is 3. The van der Waals surface area contributed by atoms with Crippen LogP contribution >= 0.6 is 11.6 Å². The molecule has 0 aromatic heterocycles. The van der Waals surface area contributed by atoms with Crippen molar-refractivity contribution in [3.05, 3.63) is 93.0 Å². The molecule has 0 unspecified atom stereocenters. The minimum Gasteiger partial charge on any atom is -0.325 e. The number of anilines is 1. The van der Waals surface area contributed by atoms with E-state index in [1.54, 1.807) is 38.1 Å². The van der Waals surface area contributed by atoms with Crippen LogP contribution < -0.4 is 5.32 Å². The van der Waals surface area contributed by atoms with Gasteiger partial charge >= 0.3 is 0 Å². The van der Waals surface area contributed by atoms with Crippen LogP contribution in [-0.2, 0) is 21.4 Å². The smallest absolute Gasteiger partial charge is 0.244 e. The molecule has 0 radical (unpaired) electrons. The van der Waals surface area contributed by atoms with E-state index in [1.165, 1.54) is 4.31 Å². The van der Waals surface area contributed by atoms with Crippen LogP contribution in [-0.4, -0.2) is 25.2 Å². The molecule has 1 N–H and O–H groups in total. The molecule has 0 spiro atoms. The van der Waals surface area contributed by atoms with E-state index in [9.17, 15) is 13.2 Å². The summed E-state index contributed by atoms with van der Waals surface area (Å²) in [6.07, 6.45) is 0. The Balaban J connectivity index is 1.97. The SMILES string of the molecule is Cc1ccc(NC(=O)CN(Cc2ccc(Cl)cc2)S(=O)(=O)c2c(C)cc(C)cc2C)c(C)c1. The van der Waals surface area contributed by atoms with E-state index in [2.05, 4.69) is 5.32 Å². The zero-order chi connectivity index (χ0) is 24.3. The highest BCUT2D eigenvalue weighted by atomic mass is 35.5. The molecule has 1 amide bonds. The number of aryl methyl sites for hydroxylation is 5. The van der Waals surface area contributed by atoms with Crippen molar-refractivity contribution in [1.82, 2.24) is 4.31 Å². The highest BCUT2D eigenvalue weighted by molar-refractivity contribution is 7.89. The molecule has 7 heteroatoms. The number of hydrogen-bond donors (Lipinski definition) is 1. The van der Waals surface area contributed by atoms with Gasteiger partial charge in [0.1, 0.15) is 0 Å². The number of sulfonamides is 1. The molecule has 0 aliphatic carbocycles. The summed E-state index contributed by atoms with van der Waals surface area (Å²) in [5.74, 6) is -0.401. The van der Waals surface area contributed by atoms with Crippen LogP contribution in [0.1, 0.15) is 33.4 Å². The molecular formula is C26H29ClN2O3S. The number of nitrogens with zero attached hydrogens (tertiary/aromatic N) is 1. The summed E-state index contributed by atoms with van der Waals surface area (Å²) in [6, 6.07) is 16.3. The Kier molecular flexibility index (Phi) is 7.62. The Bertz CT molecular complexity index is 1260. The number of carbonyl (C=O) groups excluding carboxylic acids is 1. The van der Waals surface area contributed by atoms with Crippen LogP contribution in [0.2, 0.25) is 5.02 Å². The highest BCUT2D eigenvalue weighted by Gasteiger charge is 2.30. The van der Waals surface area contributed by atoms with Crippen LogP contribution in [0, 0.1) is 34.6 Å². The van der Waals surface area contributed by atoms with Crippen LogP contribution in [0.3, 0.4) is 0 Å². The van der Waals surface area contributed by atoms with Crippen molar-refractivity contribution in [2.45, 2.75) is 46.1 Å². The van der Waals surface area contributed by atoms with Gasteiger partial charge in [0, 0.05) is 17.3 Å². The Labute approximate surface area is 201 Å². The first-order chi connectivity index (χ1) is 15.5. The van der Waals surface area contributed by atoms with E-state index in [4.69, 9.17) is 11.6 Å². The van der Waals surface area contributed by atoms with Gasteiger partial charge in [0.25, 0.3) is 0 Å². The average molecular weight is 485 g/mol. The predicted molar refractivity (Wildman–Crippen MR) is 134 cm³/mol. The first-order valence-corrected chi connectivity index (χ1v) is 12.5. The van der Waals surface area contributed by atoms with Gasteiger partial charge in [0.15, 0.2) is 0 Å². The highest BCUT2D eigenvalue weighted by Crippen LogP contribution is 2.27. The summed E-state index contributed by atoms with van der Waals surface area (Å²) in [5.41, 5.74) is 5.71. The molecule has 0 saturated carbocycles. The summed E-state index contributed by atoms with van der Waals surface area (Å²) >= 11 is 5.99. The van der Waals surface area contributed by atoms with Crippen molar-refractivity contribution in [3.63, 3.8) is 0 Å². The largest absolute Gasteiger partial charge is 0.325 e. The third-order valence-electron chi connectivity index (χ3n) is 5.45. The van der Waals surface area contributed by atoms with E-state index in [0.29, 0.717) is 21.8 Å². The number of halogens is 1. The number of nitrogens with one attached hydrogen (secondary N) is 1. The molecule has 5 nitrogen and oxygen atoms in total. The van der Waals surface area contributed by atoms with Gasteiger partial charge in [-0.15, -0.1) is 0 Å². The second kappa shape index (κ2) is 10.1. The summed E-state index contributed by atoms with van der Waals surface area (Å²) in [5, 5.41) is 3.42. The van der Waals surface area contributed by atoms with Gasteiger partial charge in [-0.25, -0.2) is 8.42 Å². The molecule has 0 aliphatic heterocycles. The van der Waals surface area contributed by atoms with Crippen molar-refractivity contribution in [3.8, 4) is 0 Å². The molecule has 174 valence electrons. The Hall–Kier alpha value is -2.67. The summed E-state index contributed by atoms with van der Waals surface area (Å²) < 4.78 is 28.8. The maximum Gasteiger partial charge on any atom is 0.244 e. The molecule has 0 fully saturated rings. The van der Waals surface area contributed by atoms with Crippen molar-refractivity contribution >= 4 is 33.2 Å². The van der Waals surface area contributed by atoms with Crippen molar-refractivity contribution in [1.29, 1.82) is 0 Å². The van der Waals surface area contributed by atoms with Crippen LogP contribution in [0.5, 0.6) is 0 Å². The zero-order valence-electron chi connectivity index (χ0n) is 19.6. The van der Waals surface area contributed by atoms with Gasteiger partial charge in [0.05, 0.1) is 11.4 Å². The molecular weight excluding hydrogens is 456 g/mol.